The molecule has 37 heavy (non-hydrogen) atoms. The van der Waals surface area contributed by atoms with Gasteiger partial charge in [-0.15, -0.1) is 0 Å². The zero-order chi connectivity index (χ0) is 26.3. The largest absolute Gasteiger partial charge is 0.484 e. The standard InChI is InChI=1S/C25H21N3O7S2/c1-12-3-2-4-14(9-12)26-16(29)11-35-15-7-5-13(6-8-15)18-19-21(36-22-20(18)37-25(34)27-22)24(33)28(23(19)32)10-17(30)31/h2-9,18-19,21H,10-11H2,1H3,(H,26,29)(H,27,34)(H,30,31)/t18-,19?,21?/m0/s1. The average Bonchev–Trinajstić information content (AvgIpc) is 3.33. The molecule has 2 aliphatic rings. The van der Waals surface area contributed by atoms with Crippen LogP contribution in [-0.2, 0) is 19.2 Å². The Kier molecular flexibility index (Phi) is 6.61. The van der Waals surface area contributed by atoms with Crippen LogP contribution in [0.1, 0.15) is 21.9 Å². The van der Waals surface area contributed by atoms with Crippen LogP contribution in [-0.4, -0.2) is 57.1 Å². The summed E-state index contributed by atoms with van der Waals surface area (Å²) in [6.07, 6.45) is 0. The summed E-state index contributed by atoms with van der Waals surface area (Å²) >= 11 is 2.05. The van der Waals surface area contributed by atoms with Crippen LogP contribution in [0.25, 0.3) is 0 Å². The number of nitrogens with zero attached hydrogens (tertiary/aromatic N) is 1. The number of benzene rings is 2. The predicted octanol–water partition coefficient (Wildman–Crippen LogP) is 2.44. The van der Waals surface area contributed by atoms with E-state index in [2.05, 4.69) is 10.3 Å². The Bertz CT molecular complexity index is 1460. The number of aromatic amines is 1. The van der Waals surface area contributed by atoms with Gasteiger partial charge in [-0.2, -0.15) is 0 Å². The Morgan fingerprint density at radius 1 is 1.11 bits per heavy atom. The first-order chi connectivity index (χ1) is 17.7. The number of ether oxygens (including phenoxy) is 1. The number of carbonyl (C=O) groups is 4. The molecule has 2 aliphatic heterocycles. The van der Waals surface area contributed by atoms with E-state index in [1.807, 2.05) is 25.1 Å². The maximum Gasteiger partial charge on any atom is 0.323 e. The van der Waals surface area contributed by atoms with Gasteiger partial charge in [0.2, 0.25) is 11.8 Å². The minimum Gasteiger partial charge on any atom is -0.484 e. The molecule has 2 aromatic carbocycles. The number of aryl methyl sites for hydroxylation is 1. The molecule has 3 amide bonds. The van der Waals surface area contributed by atoms with Gasteiger partial charge in [-0.25, -0.2) is 0 Å². The lowest BCUT2D eigenvalue weighted by molar-refractivity contribution is -0.149. The second-order valence-electron chi connectivity index (χ2n) is 8.68. The van der Waals surface area contributed by atoms with Crippen molar-refractivity contribution in [3.63, 3.8) is 0 Å². The number of aromatic nitrogens is 1. The fraction of sp³-hybridized carbons (Fsp3) is 0.240. The minimum absolute atomic E-state index is 0.210. The van der Waals surface area contributed by atoms with E-state index in [0.717, 1.165) is 33.6 Å². The van der Waals surface area contributed by atoms with Crippen molar-refractivity contribution >= 4 is 52.5 Å². The number of hydrogen-bond donors (Lipinski definition) is 3. The summed E-state index contributed by atoms with van der Waals surface area (Å²) in [5.41, 5.74) is 2.35. The number of fused-ring (bicyclic) bond motifs is 2. The smallest absolute Gasteiger partial charge is 0.323 e. The molecule has 12 heteroatoms. The van der Waals surface area contributed by atoms with E-state index in [4.69, 9.17) is 9.84 Å². The Labute approximate surface area is 218 Å². The maximum absolute atomic E-state index is 13.2. The number of likely N-dealkylation sites (tertiary alicyclic amines) is 1. The molecular weight excluding hydrogens is 518 g/mol. The summed E-state index contributed by atoms with van der Waals surface area (Å²) in [6.45, 7) is 1.01. The molecule has 3 atom stereocenters. The molecule has 3 N–H and O–H groups in total. The minimum atomic E-state index is -1.28. The maximum atomic E-state index is 13.2. The fourth-order valence-corrected chi connectivity index (χ4v) is 7.10. The third-order valence-corrected chi connectivity index (χ3v) is 8.52. The number of hydrogen-bond acceptors (Lipinski definition) is 8. The molecule has 0 radical (unpaired) electrons. The molecule has 3 aromatic rings. The van der Waals surface area contributed by atoms with Crippen LogP contribution in [0.5, 0.6) is 5.75 Å². The molecule has 10 nitrogen and oxygen atoms in total. The zero-order valence-corrected chi connectivity index (χ0v) is 21.1. The predicted molar refractivity (Wildman–Crippen MR) is 136 cm³/mol. The van der Waals surface area contributed by atoms with Crippen molar-refractivity contribution in [2.75, 3.05) is 18.5 Å². The van der Waals surface area contributed by atoms with Gasteiger partial charge in [-0.1, -0.05) is 47.4 Å². The van der Waals surface area contributed by atoms with Gasteiger partial charge in [0.25, 0.3) is 5.91 Å². The number of carboxylic acid groups (broad SMARTS) is 1. The second kappa shape index (κ2) is 9.87. The number of H-pyrrole nitrogens is 1. The Balaban J connectivity index is 1.35. The quantitative estimate of drug-likeness (QED) is 0.388. The normalized spacial score (nSPS) is 20.4. The highest BCUT2D eigenvalue weighted by Crippen LogP contribution is 2.52. The van der Waals surface area contributed by atoms with E-state index < -0.39 is 41.4 Å². The Morgan fingerprint density at radius 2 is 1.86 bits per heavy atom. The third-order valence-electron chi connectivity index (χ3n) is 6.12. The lowest BCUT2D eigenvalue weighted by atomic mass is 9.83. The van der Waals surface area contributed by atoms with Gasteiger partial charge in [0.1, 0.15) is 17.5 Å². The van der Waals surface area contributed by atoms with Gasteiger partial charge in [-0.3, -0.25) is 28.9 Å². The number of anilines is 1. The molecule has 0 aliphatic carbocycles. The molecule has 0 saturated carbocycles. The van der Waals surface area contributed by atoms with Crippen molar-refractivity contribution in [2.24, 2.45) is 5.92 Å². The van der Waals surface area contributed by atoms with Crippen molar-refractivity contribution in [3.8, 4) is 5.75 Å². The highest BCUT2D eigenvalue weighted by molar-refractivity contribution is 8.00. The summed E-state index contributed by atoms with van der Waals surface area (Å²) in [7, 11) is 0. The van der Waals surface area contributed by atoms with Crippen LogP contribution in [0.2, 0.25) is 0 Å². The number of aliphatic carboxylic acids is 1. The third kappa shape index (κ3) is 4.89. The molecule has 0 spiro atoms. The van der Waals surface area contributed by atoms with Crippen molar-refractivity contribution < 1.29 is 29.0 Å². The van der Waals surface area contributed by atoms with Crippen LogP contribution in [0.15, 0.2) is 58.4 Å². The van der Waals surface area contributed by atoms with Crippen molar-refractivity contribution in [1.82, 2.24) is 9.88 Å². The lowest BCUT2D eigenvalue weighted by Crippen LogP contribution is -2.36. The molecule has 1 saturated heterocycles. The molecule has 1 fully saturated rings. The van der Waals surface area contributed by atoms with Crippen molar-refractivity contribution in [1.29, 1.82) is 0 Å². The molecule has 2 unspecified atom stereocenters. The second-order valence-corrected chi connectivity index (χ2v) is 10.8. The van der Waals surface area contributed by atoms with Crippen molar-refractivity contribution in [3.05, 3.63) is 74.2 Å². The van der Waals surface area contributed by atoms with Crippen LogP contribution >= 0.6 is 23.1 Å². The summed E-state index contributed by atoms with van der Waals surface area (Å²) < 4.78 is 5.61. The van der Waals surface area contributed by atoms with E-state index >= 15 is 0 Å². The van der Waals surface area contributed by atoms with Crippen LogP contribution < -0.4 is 14.9 Å². The number of nitrogens with one attached hydrogen (secondary N) is 2. The van der Waals surface area contributed by atoms with Gasteiger partial charge in [0, 0.05) is 16.5 Å². The topological polar surface area (TPSA) is 146 Å². The number of imide groups is 1. The Hall–Kier alpha value is -3.90. The van der Waals surface area contributed by atoms with E-state index in [1.165, 1.54) is 0 Å². The van der Waals surface area contributed by atoms with Gasteiger partial charge < -0.3 is 20.1 Å². The average molecular weight is 540 g/mol. The molecule has 5 rings (SSSR count). The molecule has 1 aromatic heterocycles. The van der Waals surface area contributed by atoms with Crippen LogP contribution in [0, 0.1) is 12.8 Å². The number of thiazole rings is 1. The monoisotopic (exact) mass is 539 g/mol. The van der Waals surface area contributed by atoms with E-state index in [1.54, 1.807) is 30.3 Å². The molecule has 3 heterocycles. The first-order valence-electron chi connectivity index (χ1n) is 11.3. The summed E-state index contributed by atoms with van der Waals surface area (Å²) in [5, 5.41) is 11.6. The van der Waals surface area contributed by atoms with Gasteiger partial charge >= 0.3 is 10.8 Å². The molecular formula is C25H21N3O7S2. The van der Waals surface area contributed by atoms with Gasteiger partial charge in [-0.05, 0) is 42.3 Å². The highest BCUT2D eigenvalue weighted by atomic mass is 32.2. The van der Waals surface area contributed by atoms with Crippen LogP contribution in [0.3, 0.4) is 0 Å². The number of rotatable bonds is 7. The van der Waals surface area contributed by atoms with E-state index in [0.29, 0.717) is 26.9 Å². The summed E-state index contributed by atoms with van der Waals surface area (Å²) in [6, 6.07) is 14.1. The van der Waals surface area contributed by atoms with Crippen molar-refractivity contribution in [2.45, 2.75) is 23.1 Å². The lowest BCUT2D eigenvalue weighted by Gasteiger charge is -2.29. The summed E-state index contributed by atoms with van der Waals surface area (Å²) in [4.78, 5) is 65.5. The first-order valence-corrected chi connectivity index (χ1v) is 13.0. The van der Waals surface area contributed by atoms with Crippen LogP contribution in [0.4, 0.5) is 5.69 Å². The zero-order valence-electron chi connectivity index (χ0n) is 19.4. The molecule has 0 bridgehead atoms. The number of amides is 3. The number of thioether (sulfide) groups is 1. The van der Waals surface area contributed by atoms with E-state index in [9.17, 15) is 24.0 Å². The number of carboxylic acids is 1. The molecule has 190 valence electrons. The Morgan fingerprint density at radius 3 is 2.57 bits per heavy atom. The van der Waals surface area contributed by atoms with Gasteiger partial charge in [0.05, 0.1) is 10.9 Å². The fourth-order valence-electron chi connectivity index (χ4n) is 4.56. The summed E-state index contributed by atoms with van der Waals surface area (Å²) in [5.74, 6) is -3.79. The SMILES string of the molecule is Cc1cccc(NC(=O)COc2ccc([C@@H]3c4sc(=O)[nH]c4SC4C(=O)N(CC(=O)O)C(=O)C43)cc2)c1. The highest BCUT2D eigenvalue weighted by Gasteiger charge is 2.56. The number of carbonyl (C=O) groups excluding carboxylic acids is 3. The van der Waals surface area contributed by atoms with Gasteiger partial charge in [0.15, 0.2) is 6.61 Å². The van der Waals surface area contributed by atoms with E-state index in [-0.39, 0.29) is 17.4 Å². The first kappa shape index (κ1) is 24.8.